The van der Waals surface area contributed by atoms with Crippen LogP contribution in [-0.4, -0.2) is 71.5 Å². The lowest BCUT2D eigenvalue weighted by molar-refractivity contribution is -0.132. The third-order valence-corrected chi connectivity index (χ3v) is 9.99. The van der Waals surface area contributed by atoms with E-state index in [0.29, 0.717) is 28.8 Å². The molecule has 14 heteroatoms. The Morgan fingerprint density at radius 2 is 1.57 bits per heavy atom. The predicted molar refractivity (Wildman–Crippen MR) is 210 cm³/mol. The summed E-state index contributed by atoms with van der Waals surface area (Å²) in [7, 11) is 0. The lowest BCUT2D eigenvalue weighted by Crippen LogP contribution is -2.56. The van der Waals surface area contributed by atoms with Crippen molar-refractivity contribution in [2.45, 2.75) is 64.8 Å². The molecule has 5 amide bonds. The van der Waals surface area contributed by atoms with Crippen LogP contribution in [0, 0.1) is 5.92 Å². The molecule has 0 radical (unpaired) electrons. The molecule has 4 aromatic rings. The van der Waals surface area contributed by atoms with Crippen LogP contribution in [0.15, 0.2) is 72.9 Å². The quantitative estimate of drug-likeness (QED) is 0.0942. The van der Waals surface area contributed by atoms with Crippen molar-refractivity contribution in [1.29, 1.82) is 0 Å². The van der Waals surface area contributed by atoms with Crippen LogP contribution in [0.5, 0.6) is 0 Å². The molecular weight excluding hydrogens is 715 g/mol. The lowest BCUT2D eigenvalue weighted by atomic mass is 10.0. The minimum Gasteiger partial charge on any atom is -0.350 e. The number of benzene rings is 3. The zero-order valence-corrected chi connectivity index (χ0v) is 31.6. The number of rotatable bonds is 16. The molecule has 2 atom stereocenters. The van der Waals surface area contributed by atoms with Gasteiger partial charge in [0.2, 0.25) is 17.7 Å². The second-order valence-electron chi connectivity index (χ2n) is 13.6. The van der Waals surface area contributed by atoms with Crippen molar-refractivity contribution in [2.24, 2.45) is 11.7 Å². The summed E-state index contributed by atoms with van der Waals surface area (Å²) in [5.74, 6) is -1.67. The Bertz CT molecular complexity index is 1870. The maximum atomic E-state index is 13.2. The van der Waals surface area contributed by atoms with E-state index in [4.69, 9.17) is 28.9 Å². The number of fused-ring (bicyclic) bond motifs is 1. The second-order valence-corrected chi connectivity index (χ2v) is 14.5. The van der Waals surface area contributed by atoms with Gasteiger partial charge in [-0.25, -0.2) is 4.79 Å². The Morgan fingerprint density at radius 1 is 0.849 bits per heavy atom. The summed E-state index contributed by atoms with van der Waals surface area (Å²) in [6.07, 6.45) is 4.58. The number of nitrogens with one attached hydrogen (secondary N) is 5. The van der Waals surface area contributed by atoms with Crippen LogP contribution in [-0.2, 0) is 34.0 Å². The molecule has 1 fully saturated rings. The standard InChI is InChI=1S/C39H48Cl2N8O4/c1-25(2)36(38(52)43-20-26-9-4-3-5-10-26)47-37(51)33(15-16-42)46-35(50)21-44-39(53)45-28-13-14-34-29(19-28)27(22-48-17-6-7-18-48)23-49(34)24-30-31(40)11-8-12-32(30)41/h3-5,8-14,19,23,25,33,36H,6-7,15-18,20-22,24,42H2,1-2H3,(H,43,52)(H,46,50)(H,47,51)(H2,44,45,53)/t33-,36-/m0/s1. The largest absolute Gasteiger partial charge is 0.350 e. The molecule has 12 nitrogen and oxygen atoms in total. The molecule has 7 N–H and O–H groups in total. The molecule has 3 aromatic carbocycles. The number of nitrogens with two attached hydrogens (primary N) is 1. The molecule has 0 saturated carbocycles. The van der Waals surface area contributed by atoms with Crippen LogP contribution in [0.1, 0.15) is 49.8 Å². The van der Waals surface area contributed by atoms with E-state index in [1.807, 2.05) is 74.5 Å². The number of anilines is 1. The van der Waals surface area contributed by atoms with E-state index in [1.54, 1.807) is 6.07 Å². The Morgan fingerprint density at radius 3 is 2.25 bits per heavy atom. The van der Waals surface area contributed by atoms with Crippen molar-refractivity contribution in [3.63, 3.8) is 0 Å². The molecule has 5 rings (SSSR count). The molecule has 1 saturated heterocycles. The Kier molecular flexibility index (Phi) is 14.1. The van der Waals surface area contributed by atoms with Crippen molar-refractivity contribution >= 4 is 63.5 Å². The van der Waals surface area contributed by atoms with Gasteiger partial charge in [-0.3, -0.25) is 19.3 Å². The van der Waals surface area contributed by atoms with Crippen LogP contribution < -0.4 is 32.3 Å². The first-order valence-electron chi connectivity index (χ1n) is 18.0. The maximum absolute atomic E-state index is 13.2. The average molecular weight is 764 g/mol. The van der Waals surface area contributed by atoms with E-state index in [0.717, 1.165) is 60.1 Å². The Balaban J connectivity index is 1.19. The molecular formula is C39H48Cl2N8O4. The topological polar surface area (TPSA) is 163 Å². The van der Waals surface area contributed by atoms with Gasteiger partial charge in [0.15, 0.2) is 0 Å². The molecule has 53 heavy (non-hydrogen) atoms. The van der Waals surface area contributed by atoms with E-state index < -0.39 is 29.9 Å². The normalized spacial score (nSPS) is 14.2. The van der Waals surface area contributed by atoms with Crippen molar-refractivity contribution < 1.29 is 19.2 Å². The molecule has 282 valence electrons. The first kappa shape index (κ1) is 39.6. The molecule has 2 heterocycles. The highest BCUT2D eigenvalue weighted by Crippen LogP contribution is 2.31. The van der Waals surface area contributed by atoms with Crippen LogP contribution in [0.3, 0.4) is 0 Å². The summed E-state index contributed by atoms with van der Waals surface area (Å²) in [6.45, 7) is 7.01. The summed E-state index contributed by atoms with van der Waals surface area (Å²) in [5, 5.41) is 15.8. The van der Waals surface area contributed by atoms with E-state index in [-0.39, 0.29) is 31.3 Å². The summed E-state index contributed by atoms with van der Waals surface area (Å²) >= 11 is 13.0. The van der Waals surface area contributed by atoms with E-state index >= 15 is 0 Å². The van der Waals surface area contributed by atoms with Gasteiger partial charge in [-0.2, -0.15) is 0 Å². The Hall–Kier alpha value is -4.62. The minimum absolute atomic E-state index is 0.119. The number of carbonyl (C=O) groups excluding carboxylic acids is 4. The van der Waals surface area contributed by atoms with Gasteiger partial charge in [0, 0.05) is 51.5 Å². The molecule has 1 aliphatic heterocycles. The number of halogens is 2. The number of aromatic nitrogens is 1. The molecule has 1 aliphatic rings. The molecule has 0 bridgehead atoms. The third-order valence-electron chi connectivity index (χ3n) is 9.28. The fraction of sp³-hybridized carbons (Fsp3) is 0.385. The first-order chi connectivity index (χ1) is 25.5. The van der Waals surface area contributed by atoms with Gasteiger partial charge in [0.25, 0.3) is 0 Å². The van der Waals surface area contributed by atoms with E-state index in [2.05, 4.69) is 42.2 Å². The molecule has 0 aliphatic carbocycles. The summed E-state index contributed by atoms with van der Waals surface area (Å²) in [6, 6.07) is 18.2. The van der Waals surface area contributed by atoms with Crippen molar-refractivity contribution in [2.75, 3.05) is 31.5 Å². The van der Waals surface area contributed by atoms with Gasteiger partial charge in [-0.15, -0.1) is 0 Å². The van der Waals surface area contributed by atoms with Gasteiger partial charge in [0.05, 0.1) is 13.1 Å². The van der Waals surface area contributed by atoms with E-state index in [9.17, 15) is 19.2 Å². The van der Waals surface area contributed by atoms with Crippen molar-refractivity contribution in [1.82, 2.24) is 30.7 Å². The lowest BCUT2D eigenvalue weighted by Gasteiger charge is -2.25. The Labute approximate surface area is 320 Å². The fourth-order valence-corrected chi connectivity index (χ4v) is 6.96. The number of carbonyl (C=O) groups is 4. The highest BCUT2D eigenvalue weighted by molar-refractivity contribution is 6.36. The van der Waals surface area contributed by atoms with Crippen molar-refractivity contribution in [3.8, 4) is 0 Å². The molecule has 0 unspecified atom stereocenters. The van der Waals surface area contributed by atoms with Crippen molar-refractivity contribution in [3.05, 3.63) is 99.7 Å². The molecule has 1 aromatic heterocycles. The van der Waals surface area contributed by atoms with Crippen LogP contribution >= 0.6 is 23.2 Å². The van der Waals surface area contributed by atoms with Gasteiger partial charge in [-0.1, -0.05) is 73.4 Å². The minimum atomic E-state index is -0.998. The summed E-state index contributed by atoms with van der Waals surface area (Å²) < 4.78 is 2.12. The second kappa shape index (κ2) is 18.9. The highest BCUT2D eigenvalue weighted by Gasteiger charge is 2.28. The predicted octanol–water partition coefficient (Wildman–Crippen LogP) is 5.00. The maximum Gasteiger partial charge on any atom is 0.319 e. The number of amides is 5. The average Bonchev–Trinajstić information content (AvgIpc) is 3.78. The smallest absolute Gasteiger partial charge is 0.319 e. The number of nitrogens with zero attached hydrogens (tertiary/aromatic N) is 2. The molecule has 0 spiro atoms. The zero-order valence-electron chi connectivity index (χ0n) is 30.1. The van der Waals surface area contributed by atoms with Gasteiger partial charge < -0.3 is 36.9 Å². The summed E-state index contributed by atoms with van der Waals surface area (Å²) in [5.41, 5.74) is 10.2. The van der Waals surface area contributed by atoms with Gasteiger partial charge in [-0.05, 0) is 86.3 Å². The fourth-order valence-electron chi connectivity index (χ4n) is 6.44. The SMILES string of the molecule is CC(C)[C@H](NC(=O)[C@H](CCN)NC(=O)CNC(=O)Nc1ccc2c(c1)c(CN1CCCC1)cn2Cc1c(Cl)cccc1Cl)C(=O)NCc1ccccc1. The highest BCUT2D eigenvalue weighted by atomic mass is 35.5. The van der Waals surface area contributed by atoms with Crippen LogP contribution in [0.2, 0.25) is 10.0 Å². The number of likely N-dealkylation sites (tertiary alicyclic amines) is 1. The van der Waals surface area contributed by atoms with Gasteiger partial charge in [0.1, 0.15) is 12.1 Å². The zero-order chi connectivity index (χ0) is 37.9. The van der Waals surface area contributed by atoms with Crippen LogP contribution in [0.25, 0.3) is 10.9 Å². The first-order valence-corrected chi connectivity index (χ1v) is 18.7. The third kappa shape index (κ3) is 11.0. The van der Waals surface area contributed by atoms with Crippen LogP contribution in [0.4, 0.5) is 10.5 Å². The summed E-state index contributed by atoms with van der Waals surface area (Å²) in [4.78, 5) is 54.5. The number of hydrogen-bond donors (Lipinski definition) is 6. The monoisotopic (exact) mass is 762 g/mol. The van der Waals surface area contributed by atoms with Gasteiger partial charge >= 0.3 is 6.03 Å². The number of hydrogen-bond acceptors (Lipinski definition) is 6. The van der Waals surface area contributed by atoms with E-state index in [1.165, 1.54) is 0 Å². The number of urea groups is 1.